The molecule has 0 aromatic carbocycles. The van der Waals surface area contributed by atoms with Crippen molar-refractivity contribution in [2.45, 2.75) is 49.6 Å². The predicted octanol–water partition coefficient (Wildman–Crippen LogP) is -0.273. The molecular weight excluding hydrogens is 362 g/mol. The summed E-state index contributed by atoms with van der Waals surface area (Å²) < 4.78 is 28.1. The number of carbonyl (C=O) groups excluding carboxylic acids is 2. The highest BCUT2D eigenvalue weighted by Gasteiger charge is 2.38. The second kappa shape index (κ2) is 7.01. The first-order valence-corrected chi connectivity index (χ1v) is 10.1. The Morgan fingerprint density at radius 3 is 2.65 bits per heavy atom. The smallest absolute Gasteiger partial charge is 0.287 e. The van der Waals surface area contributed by atoms with Crippen molar-refractivity contribution < 1.29 is 27.5 Å². The number of aliphatic hydroxyl groups excluding tert-OH is 1. The lowest BCUT2D eigenvalue weighted by Crippen LogP contribution is -2.52. The predicted molar refractivity (Wildman–Crippen MR) is 90.6 cm³/mol. The van der Waals surface area contributed by atoms with Crippen molar-refractivity contribution in [2.24, 2.45) is 11.1 Å². The average Bonchev–Trinajstić information content (AvgIpc) is 3.34. The molecule has 2 unspecified atom stereocenters. The van der Waals surface area contributed by atoms with Crippen LogP contribution in [0.15, 0.2) is 15.4 Å². The molecule has 1 saturated heterocycles. The molecule has 2 atom stereocenters. The minimum atomic E-state index is -3.97. The minimum absolute atomic E-state index is 0.0469. The van der Waals surface area contributed by atoms with E-state index in [0.29, 0.717) is 25.9 Å². The quantitative estimate of drug-likeness (QED) is 0.636. The summed E-state index contributed by atoms with van der Waals surface area (Å²) in [5, 5.41) is 17.8. The number of hydrogen-bond acceptors (Lipinski definition) is 6. The van der Waals surface area contributed by atoms with Crippen molar-refractivity contribution >= 4 is 21.8 Å². The first kappa shape index (κ1) is 18.9. The number of aryl methyl sites for hydroxylation is 1. The lowest BCUT2D eigenvalue weighted by Gasteiger charge is -2.34. The molecule has 3 rings (SSSR count). The number of aliphatic hydroxyl groups is 1. The van der Waals surface area contributed by atoms with E-state index in [-0.39, 0.29) is 34.3 Å². The van der Waals surface area contributed by atoms with Crippen molar-refractivity contribution in [3.8, 4) is 0 Å². The molecule has 2 amide bonds. The van der Waals surface area contributed by atoms with Crippen LogP contribution in [0.1, 0.15) is 42.0 Å². The van der Waals surface area contributed by atoms with Gasteiger partial charge in [0.25, 0.3) is 11.8 Å². The molecule has 4 N–H and O–H groups in total. The molecule has 0 bridgehead atoms. The van der Waals surface area contributed by atoms with Crippen molar-refractivity contribution in [2.75, 3.05) is 13.1 Å². The van der Waals surface area contributed by atoms with E-state index < -0.39 is 22.0 Å². The molecular formula is C16H23N3O6S. The summed E-state index contributed by atoms with van der Waals surface area (Å²) in [7, 11) is -3.97. The summed E-state index contributed by atoms with van der Waals surface area (Å²) in [6.07, 6.45) is 2.15. The second-order valence-electron chi connectivity index (χ2n) is 6.96. The largest absolute Gasteiger partial charge is 0.455 e. The van der Waals surface area contributed by atoms with Crippen molar-refractivity contribution in [1.82, 2.24) is 10.2 Å². The van der Waals surface area contributed by atoms with E-state index in [1.54, 1.807) is 4.90 Å². The Bertz CT molecular complexity index is 814. The lowest BCUT2D eigenvalue weighted by molar-refractivity contribution is -0.142. The van der Waals surface area contributed by atoms with Crippen molar-refractivity contribution in [3.63, 3.8) is 0 Å². The third kappa shape index (κ3) is 4.08. The van der Waals surface area contributed by atoms with Gasteiger partial charge in [-0.25, -0.2) is 13.6 Å². The van der Waals surface area contributed by atoms with Crippen LogP contribution in [0.5, 0.6) is 0 Å². The van der Waals surface area contributed by atoms with Gasteiger partial charge >= 0.3 is 0 Å². The number of primary sulfonamides is 1. The number of sulfonamides is 1. The fourth-order valence-electron chi connectivity index (χ4n) is 3.21. The molecule has 0 spiro atoms. The first-order chi connectivity index (χ1) is 12.2. The zero-order valence-electron chi connectivity index (χ0n) is 14.5. The molecule has 2 aliphatic rings. The SMILES string of the molecule is Cc1oc(C(=O)NC2CCCN(C(=O)C(O)C3CC3)C2)cc1S(N)(=O)=O. The Morgan fingerprint density at radius 2 is 2.08 bits per heavy atom. The molecule has 144 valence electrons. The monoisotopic (exact) mass is 385 g/mol. The van der Waals surface area contributed by atoms with Crippen LogP contribution < -0.4 is 10.5 Å². The average molecular weight is 385 g/mol. The summed E-state index contributed by atoms with van der Waals surface area (Å²) in [5.41, 5.74) is 0. The number of nitrogens with zero attached hydrogens (tertiary/aromatic N) is 1. The first-order valence-electron chi connectivity index (χ1n) is 8.57. The standard InChI is InChI=1S/C16H23N3O6S/c1-9-13(26(17,23)24)7-12(25-9)15(21)18-11-3-2-6-19(8-11)16(22)14(20)10-4-5-10/h7,10-11,14,20H,2-6,8H2,1H3,(H,18,21)(H2,17,23,24). The molecule has 2 heterocycles. The normalized spacial score (nSPS) is 22.1. The van der Waals surface area contributed by atoms with E-state index in [2.05, 4.69) is 5.32 Å². The van der Waals surface area contributed by atoms with Gasteiger partial charge in [0.05, 0.1) is 0 Å². The van der Waals surface area contributed by atoms with Gasteiger partial charge in [-0.15, -0.1) is 0 Å². The number of piperidine rings is 1. The molecule has 2 fully saturated rings. The zero-order chi connectivity index (χ0) is 19.1. The van der Waals surface area contributed by atoms with Crippen LogP contribution in [-0.2, 0) is 14.8 Å². The van der Waals surface area contributed by atoms with Crippen molar-refractivity contribution in [3.05, 3.63) is 17.6 Å². The Kier molecular flexibility index (Phi) is 5.09. The van der Waals surface area contributed by atoms with E-state index >= 15 is 0 Å². The number of likely N-dealkylation sites (tertiary alicyclic amines) is 1. The van der Waals surface area contributed by atoms with Crippen LogP contribution in [-0.4, -0.2) is 55.5 Å². The number of amides is 2. The van der Waals surface area contributed by atoms with Gasteiger partial charge in [0.1, 0.15) is 16.8 Å². The fourth-order valence-corrected chi connectivity index (χ4v) is 3.93. The van der Waals surface area contributed by atoms with Crippen molar-refractivity contribution in [1.29, 1.82) is 0 Å². The lowest BCUT2D eigenvalue weighted by atomic mass is 10.0. The number of carbonyl (C=O) groups is 2. The fraction of sp³-hybridized carbons (Fsp3) is 0.625. The molecule has 1 aliphatic heterocycles. The molecule has 10 heteroatoms. The number of nitrogens with two attached hydrogens (primary N) is 1. The highest BCUT2D eigenvalue weighted by Crippen LogP contribution is 2.33. The zero-order valence-corrected chi connectivity index (χ0v) is 15.3. The highest BCUT2D eigenvalue weighted by atomic mass is 32.2. The third-order valence-corrected chi connectivity index (χ3v) is 5.81. The maximum Gasteiger partial charge on any atom is 0.287 e. The summed E-state index contributed by atoms with van der Waals surface area (Å²) >= 11 is 0. The highest BCUT2D eigenvalue weighted by molar-refractivity contribution is 7.89. The van der Waals surface area contributed by atoms with Crippen LogP contribution in [0.4, 0.5) is 0 Å². The van der Waals surface area contributed by atoms with E-state index in [1.807, 2.05) is 0 Å². The van der Waals surface area contributed by atoms with Gasteiger partial charge in [0.15, 0.2) is 5.76 Å². The van der Waals surface area contributed by atoms with E-state index in [9.17, 15) is 23.1 Å². The summed E-state index contributed by atoms with van der Waals surface area (Å²) in [6.45, 7) is 2.26. The molecule has 1 saturated carbocycles. The van der Waals surface area contributed by atoms with Gasteiger partial charge in [-0.1, -0.05) is 0 Å². The topological polar surface area (TPSA) is 143 Å². The maximum absolute atomic E-state index is 12.3. The number of hydrogen-bond donors (Lipinski definition) is 3. The Hall–Kier alpha value is -1.91. The van der Waals surface area contributed by atoms with Gasteiger partial charge < -0.3 is 19.7 Å². The Labute approximate surface area is 151 Å². The van der Waals surface area contributed by atoms with Gasteiger partial charge in [-0.3, -0.25) is 9.59 Å². The minimum Gasteiger partial charge on any atom is -0.455 e. The summed E-state index contributed by atoms with van der Waals surface area (Å²) in [5.74, 6) is -0.902. The van der Waals surface area contributed by atoms with Gasteiger partial charge in [-0.2, -0.15) is 0 Å². The molecule has 26 heavy (non-hydrogen) atoms. The van der Waals surface area contributed by atoms with E-state index in [1.165, 1.54) is 6.92 Å². The third-order valence-electron chi connectivity index (χ3n) is 4.79. The Balaban J connectivity index is 1.63. The molecule has 1 aromatic rings. The second-order valence-corrected chi connectivity index (χ2v) is 8.49. The van der Waals surface area contributed by atoms with Gasteiger partial charge in [0.2, 0.25) is 10.0 Å². The molecule has 1 aliphatic carbocycles. The molecule has 0 radical (unpaired) electrons. The van der Waals surface area contributed by atoms with E-state index in [4.69, 9.17) is 9.56 Å². The summed E-state index contributed by atoms with van der Waals surface area (Å²) in [6, 6.07) is 0.803. The van der Waals surface area contributed by atoms with Gasteiger partial charge in [0, 0.05) is 25.2 Å². The van der Waals surface area contributed by atoms with Crippen LogP contribution in [0.25, 0.3) is 0 Å². The number of rotatable bonds is 5. The summed E-state index contributed by atoms with van der Waals surface area (Å²) in [4.78, 5) is 26.0. The number of furan rings is 1. The van der Waals surface area contributed by atoms with Crippen LogP contribution >= 0.6 is 0 Å². The Morgan fingerprint density at radius 1 is 1.38 bits per heavy atom. The van der Waals surface area contributed by atoms with E-state index in [0.717, 1.165) is 18.9 Å². The van der Waals surface area contributed by atoms with Crippen LogP contribution in [0.2, 0.25) is 0 Å². The maximum atomic E-state index is 12.3. The number of nitrogens with one attached hydrogen (secondary N) is 1. The van der Waals surface area contributed by atoms with Crippen LogP contribution in [0, 0.1) is 12.8 Å². The van der Waals surface area contributed by atoms with Gasteiger partial charge in [-0.05, 0) is 38.5 Å². The molecule has 1 aromatic heterocycles. The van der Waals surface area contributed by atoms with Crippen LogP contribution in [0.3, 0.4) is 0 Å². The molecule has 9 nitrogen and oxygen atoms in total.